The SMILES string of the molecule is CCCC(N)Cc1nc(C2CC3CCC(C2)N3C)no1. The first-order valence-corrected chi connectivity index (χ1v) is 7.97. The molecule has 112 valence electrons. The van der Waals surface area contributed by atoms with Crippen LogP contribution in [0, 0.1) is 0 Å². The Morgan fingerprint density at radius 2 is 2.05 bits per heavy atom. The Kier molecular flexibility index (Phi) is 4.08. The summed E-state index contributed by atoms with van der Waals surface area (Å²) in [6.07, 6.45) is 7.81. The monoisotopic (exact) mass is 278 g/mol. The zero-order valence-electron chi connectivity index (χ0n) is 12.6. The summed E-state index contributed by atoms with van der Waals surface area (Å²) in [5.74, 6) is 2.10. The van der Waals surface area contributed by atoms with Gasteiger partial charge in [0.25, 0.3) is 0 Å². The molecule has 5 heteroatoms. The highest BCUT2D eigenvalue weighted by molar-refractivity contribution is 5.05. The van der Waals surface area contributed by atoms with Crippen LogP contribution in [0.1, 0.15) is 63.1 Å². The fourth-order valence-electron chi connectivity index (χ4n) is 3.84. The molecular weight excluding hydrogens is 252 g/mol. The molecule has 3 rings (SSSR count). The maximum absolute atomic E-state index is 6.04. The van der Waals surface area contributed by atoms with Crippen LogP contribution >= 0.6 is 0 Å². The molecule has 0 spiro atoms. The third kappa shape index (κ3) is 2.74. The molecule has 3 heterocycles. The van der Waals surface area contributed by atoms with Crippen LogP contribution in [0.15, 0.2) is 4.52 Å². The Bertz CT molecular complexity index is 433. The number of nitrogens with zero attached hydrogens (tertiary/aromatic N) is 3. The average molecular weight is 278 g/mol. The molecule has 2 fully saturated rings. The Morgan fingerprint density at radius 3 is 2.70 bits per heavy atom. The van der Waals surface area contributed by atoms with Crippen molar-refractivity contribution in [2.45, 2.75) is 75.9 Å². The lowest BCUT2D eigenvalue weighted by Gasteiger charge is -2.34. The third-order valence-electron chi connectivity index (χ3n) is 5.04. The minimum atomic E-state index is 0.141. The van der Waals surface area contributed by atoms with Crippen molar-refractivity contribution in [2.24, 2.45) is 5.73 Å². The minimum absolute atomic E-state index is 0.141. The van der Waals surface area contributed by atoms with Crippen molar-refractivity contribution >= 4 is 0 Å². The van der Waals surface area contributed by atoms with Gasteiger partial charge in [0.2, 0.25) is 5.89 Å². The molecule has 0 aliphatic carbocycles. The van der Waals surface area contributed by atoms with Crippen molar-refractivity contribution in [2.75, 3.05) is 7.05 Å². The van der Waals surface area contributed by atoms with Gasteiger partial charge in [0, 0.05) is 30.5 Å². The zero-order chi connectivity index (χ0) is 14.1. The van der Waals surface area contributed by atoms with Gasteiger partial charge < -0.3 is 15.2 Å². The molecule has 1 aromatic heterocycles. The van der Waals surface area contributed by atoms with E-state index >= 15 is 0 Å². The number of rotatable bonds is 5. The van der Waals surface area contributed by atoms with Crippen molar-refractivity contribution in [3.63, 3.8) is 0 Å². The first-order valence-electron chi connectivity index (χ1n) is 7.97. The van der Waals surface area contributed by atoms with Gasteiger partial charge in [-0.25, -0.2) is 0 Å². The van der Waals surface area contributed by atoms with Gasteiger partial charge >= 0.3 is 0 Å². The summed E-state index contributed by atoms with van der Waals surface area (Å²) in [5.41, 5.74) is 6.04. The topological polar surface area (TPSA) is 68.2 Å². The molecule has 3 unspecified atom stereocenters. The van der Waals surface area contributed by atoms with E-state index < -0.39 is 0 Å². The van der Waals surface area contributed by atoms with E-state index in [1.54, 1.807) is 0 Å². The van der Waals surface area contributed by atoms with E-state index in [4.69, 9.17) is 10.3 Å². The standard InChI is InChI=1S/C15H26N4O/c1-3-4-11(16)9-14-17-15(18-20-14)10-7-12-5-6-13(8-10)19(12)2/h10-13H,3-9,16H2,1-2H3. The molecule has 2 aliphatic heterocycles. The van der Waals surface area contributed by atoms with Gasteiger partial charge in [-0.1, -0.05) is 18.5 Å². The minimum Gasteiger partial charge on any atom is -0.339 e. The van der Waals surface area contributed by atoms with E-state index in [0.717, 1.165) is 18.7 Å². The molecule has 1 aromatic rings. The van der Waals surface area contributed by atoms with E-state index in [0.29, 0.717) is 30.3 Å². The molecule has 2 saturated heterocycles. The first kappa shape index (κ1) is 14.0. The lowest BCUT2D eigenvalue weighted by Crippen LogP contribution is -2.39. The van der Waals surface area contributed by atoms with Crippen LogP contribution in [-0.4, -0.2) is 40.2 Å². The summed E-state index contributed by atoms with van der Waals surface area (Å²) in [5, 5.41) is 4.21. The molecule has 0 aromatic carbocycles. The quantitative estimate of drug-likeness (QED) is 0.893. The summed E-state index contributed by atoms with van der Waals surface area (Å²) < 4.78 is 5.40. The molecule has 20 heavy (non-hydrogen) atoms. The number of aromatic nitrogens is 2. The second-order valence-electron chi connectivity index (χ2n) is 6.52. The second-order valence-corrected chi connectivity index (χ2v) is 6.52. The van der Waals surface area contributed by atoms with Crippen LogP contribution in [0.25, 0.3) is 0 Å². The summed E-state index contributed by atoms with van der Waals surface area (Å²) in [7, 11) is 2.25. The van der Waals surface area contributed by atoms with Crippen LogP contribution in [-0.2, 0) is 6.42 Å². The van der Waals surface area contributed by atoms with Crippen LogP contribution < -0.4 is 5.73 Å². The predicted octanol–water partition coefficient (Wildman–Crippen LogP) is 2.08. The van der Waals surface area contributed by atoms with Gasteiger partial charge in [0.1, 0.15) is 0 Å². The Hall–Kier alpha value is -0.940. The smallest absolute Gasteiger partial charge is 0.228 e. The molecule has 0 amide bonds. The maximum atomic E-state index is 6.04. The molecule has 0 saturated carbocycles. The fourth-order valence-corrected chi connectivity index (χ4v) is 3.84. The zero-order valence-corrected chi connectivity index (χ0v) is 12.6. The Morgan fingerprint density at radius 1 is 1.35 bits per heavy atom. The number of hydrogen-bond acceptors (Lipinski definition) is 5. The summed E-state index contributed by atoms with van der Waals surface area (Å²) in [6.45, 7) is 2.15. The summed E-state index contributed by atoms with van der Waals surface area (Å²) in [4.78, 5) is 7.14. The third-order valence-corrected chi connectivity index (χ3v) is 5.04. The van der Waals surface area contributed by atoms with Gasteiger partial charge in [-0.15, -0.1) is 0 Å². The first-order chi connectivity index (χ1) is 9.67. The van der Waals surface area contributed by atoms with Crippen LogP contribution in [0.5, 0.6) is 0 Å². The molecule has 2 N–H and O–H groups in total. The lowest BCUT2D eigenvalue weighted by molar-refractivity contribution is 0.157. The number of piperidine rings is 1. The van der Waals surface area contributed by atoms with E-state index in [9.17, 15) is 0 Å². The van der Waals surface area contributed by atoms with E-state index in [-0.39, 0.29) is 6.04 Å². The maximum Gasteiger partial charge on any atom is 0.228 e. The Balaban J connectivity index is 1.62. The van der Waals surface area contributed by atoms with Crippen molar-refractivity contribution in [1.82, 2.24) is 15.0 Å². The second kappa shape index (κ2) is 5.82. The average Bonchev–Trinajstić information content (AvgIpc) is 2.92. The van der Waals surface area contributed by atoms with Crippen LogP contribution in [0.2, 0.25) is 0 Å². The van der Waals surface area contributed by atoms with Gasteiger partial charge in [-0.3, -0.25) is 0 Å². The van der Waals surface area contributed by atoms with Crippen LogP contribution in [0.4, 0.5) is 0 Å². The van der Waals surface area contributed by atoms with E-state index in [2.05, 4.69) is 29.0 Å². The highest BCUT2D eigenvalue weighted by Gasteiger charge is 2.40. The molecule has 0 radical (unpaired) electrons. The highest BCUT2D eigenvalue weighted by Crippen LogP contribution is 2.41. The van der Waals surface area contributed by atoms with Gasteiger partial charge in [-0.2, -0.15) is 4.98 Å². The molecule has 2 bridgehead atoms. The number of hydrogen-bond donors (Lipinski definition) is 1. The van der Waals surface area contributed by atoms with E-state index in [1.165, 1.54) is 25.7 Å². The van der Waals surface area contributed by atoms with Crippen molar-refractivity contribution in [1.29, 1.82) is 0 Å². The number of fused-ring (bicyclic) bond motifs is 2. The normalized spacial score (nSPS) is 31.6. The van der Waals surface area contributed by atoms with Crippen molar-refractivity contribution < 1.29 is 4.52 Å². The largest absolute Gasteiger partial charge is 0.339 e. The predicted molar refractivity (Wildman–Crippen MR) is 77.4 cm³/mol. The number of nitrogens with two attached hydrogens (primary N) is 1. The lowest BCUT2D eigenvalue weighted by atomic mass is 9.90. The molecular formula is C15H26N4O. The van der Waals surface area contributed by atoms with Gasteiger partial charge in [-0.05, 0) is 39.2 Å². The molecule has 2 aliphatic rings. The highest BCUT2D eigenvalue weighted by atomic mass is 16.5. The van der Waals surface area contributed by atoms with Gasteiger partial charge in [0.15, 0.2) is 5.82 Å². The molecule has 3 atom stereocenters. The fraction of sp³-hybridized carbons (Fsp3) is 0.867. The van der Waals surface area contributed by atoms with Crippen LogP contribution in [0.3, 0.4) is 0 Å². The Labute approximate surface area is 120 Å². The summed E-state index contributed by atoms with van der Waals surface area (Å²) >= 11 is 0. The summed E-state index contributed by atoms with van der Waals surface area (Å²) in [6, 6.07) is 1.56. The van der Waals surface area contributed by atoms with Gasteiger partial charge in [0.05, 0.1) is 0 Å². The van der Waals surface area contributed by atoms with Crippen molar-refractivity contribution in [3.8, 4) is 0 Å². The molecule has 5 nitrogen and oxygen atoms in total. The van der Waals surface area contributed by atoms with E-state index in [1.807, 2.05) is 0 Å². The van der Waals surface area contributed by atoms with Crippen molar-refractivity contribution in [3.05, 3.63) is 11.7 Å².